The molecule has 0 aliphatic carbocycles. The molecule has 20 heavy (non-hydrogen) atoms. The summed E-state index contributed by atoms with van der Waals surface area (Å²) in [5.41, 5.74) is 2.77. The molecule has 2 nitrogen and oxygen atoms in total. The fraction of sp³-hybridized carbons (Fsp3) is 0.611. The van der Waals surface area contributed by atoms with E-state index in [1.807, 2.05) is 13.8 Å². The number of carbonyl (C=O) groups is 1. The minimum atomic E-state index is -0.323. The third-order valence-electron chi connectivity index (χ3n) is 3.50. The number of hydrogen-bond acceptors (Lipinski definition) is 2. The number of carbonyl (C=O) groups excluding carboxylic acids is 1. The predicted molar refractivity (Wildman–Crippen MR) is 85.3 cm³/mol. The highest BCUT2D eigenvalue weighted by atomic mass is 16.5. The van der Waals surface area contributed by atoms with E-state index in [-0.39, 0.29) is 12.6 Å². The van der Waals surface area contributed by atoms with Gasteiger partial charge in [0.05, 0.1) is 0 Å². The molecule has 0 amide bonds. The molecule has 0 aliphatic rings. The van der Waals surface area contributed by atoms with Gasteiger partial charge >= 0.3 is 5.97 Å². The molecule has 0 saturated heterocycles. The average Bonchev–Trinajstić information content (AvgIpc) is 2.46. The van der Waals surface area contributed by atoms with Crippen LogP contribution in [0.25, 0.3) is 0 Å². The Bertz CT molecular complexity index is 394. The van der Waals surface area contributed by atoms with Crippen LogP contribution in [0.2, 0.25) is 0 Å². The second-order valence-corrected chi connectivity index (χ2v) is 5.12. The number of unbranched alkanes of at least 4 members (excludes halogenated alkanes) is 5. The fourth-order valence-corrected chi connectivity index (χ4v) is 1.88. The predicted octanol–water partition coefficient (Wildman–Crippen LogP) is 4.81. The number of terminal acetylenes is 1. The van der Waals surface area contributed by atoms with Crippen molar-refractivity contribution in [2.24, 2.45) is 0 Å². The summed E-state index contributed by atoms with van der Waals surface area (Å²) in [7, 11) is 0. The van der Waals surface area contributed by atoms with E-state index in [2.05, 4.69) is 18.9 Å². The zero-order chi connectivity index (χ0) is 15.4. The fourth-order valence-electron chi connectivity index (χ4n) is 1.88. The van der Waals surface area contributed by atoms with Gasteiger partial charge in [0, 0.05) is 5.57 Å². The number of ether oxygens (including phenoxy) is 1. The molecule has 0 fully saturated rings. The highest BCUT2D eigenvalue weighted by molar-refractivity contribution is 5.89. The van der Waals surface area contributed by atoms with Crippen LogP contribution in [-0.4, -0.2) is 12.6 Å². The molecule has 112 valence electrons. The monoisotopic (exact) mass is 276 g/mol. The Morgan fingerprint density at radius 1 is 1.10 bits per heavy atom. The molecule has 0 N–H and O–H groups in total. The minimum Gasteiger partial charge on any atom is -0.449 e. The van der Waals surface area contributed by atoms with Crippen molar-refractivity contribution in [3.05, 3.63) is 22.8 Å². The van der Waals surface area contributed by atoms with Crippen LogP contribution in [-0.2, 0) is 9.53 Å². The molecular weight excluding hydrogens is 248 g/mol. The van der Waals surface area contributed by atoms with Gasteiger partial charge in [-0.2, -0.15) is 0 Å². The maximum absolute atomic E-state index is 11.7. The molecule has 0 aromatic heterocycles. The van der Waals surface area contributed by atoms with E-state index in [0.29, 0.717) is 5.57 Å². The Morgan fingerprint density at radius 3 is 2.35 bits per heavy atom. The second kappa shape index (κ2) is 11.3. The molecule has 0 spiro atoms. The van der Waals surface area contributed by atoms with Crippen LogP contribution < -0.4 is 0 Å². The summed E-state index contributed by atoms with van der Waals surface area (Å²) in [6.45, 7) is 8.03. The van der Waals surface area contributed by atoms with E-state index < -0.39 is 0 Å². The zero-order valence-electron chi connectivity index (χ0n) is 13.4. The molecule has 0 rings (SSSR count). The normalized spacial score (nSPS) is 12.7. The van der Waals surface area contributed by atoms with E-state index in [1.54, 1.807) is 6.92 Å². The molecule has 2 heteroatoms. The third-order valence-corrected chi connectivity index (χ3v) is 3.50. The first kappa shape index (κ1) is 18.5. The summed E-state index contributed by atoms with van der Waals surface area (Å²) in [6, 6.07) is 0. The van der Waals surface area contributed by atoms with Crippen LogP contribution in [0.15, 0.2) is 22.8 Å². The number of esters is 1. The molecule has 0 aromatic rings. The molecule has 0 aromatic carbocycles. The van der Waals surface area contributed by atoms with Crippen molar-refractivity contribution < 1.29 is 9.53 Å². The second-order valence-electron chi connectivity index (χ2n) is 5.12. The van der Waals surface area contributed by atoms with Crippen LogP contribution in [0.5, 0.6) is 0 Å². The number of rotatable bonds is 9. The van der Waals surface area contributed by atoms with Gasteiger partial charge in [-0.3, -0.25) is 0 Å². The first-order valence-electron chi connectivity index (χ1n) is 7.49. The number of allylic oxidation sites excluding steroid dienone is 3. The third kappa shape index (κ3) is 7.84. The van der Waals surface area contributed by atoms with Gasteiger partial charge in [0.25, 0.3) is 0 Å². The Balaban J connectivity index is 4.32. The van der Waals surface area contributed by atoms with Crippen molar-refractivity contribution in [1.82, 2.24) is 0 Å². The van der Waals surface area contributed by atoms with Crippen LogP contribution in [0.3, 0.4) is 0 Å². The van der Waals surface area contributed by atoms with Crippen molar-refractivity contribution in [2.45, 2.75) is 66.2 Å². The summed E-state index contributed by atoms with van der Waals surface area (Å²) in [4.78, 5) is 11.7. The quantitative estimate of drug-likeness (QED) is 0.199. The largest absolute Gasteiger partial charge is 0.449 e. The van der Waals surface area contributed by atoms with Gasteiger partial charge in [0.15, 0.2) is 6.61 Å². The SMILES string of the molecule is C#CCOC(=O)C(C)=C(C)C(C)=CCCCCCCC. The van der Waals surface area contributed by atoms with Crippen molar-refractivity contribution in [3.8, 4) is 12.3 Å². The molecule has 0 bridgehead atoms. The van der Waals surface area contributed by atoms with Crippen molar-refractivity contribution in [2.75, 3.05) is 6.61 Å². The van der Waals surface area contributed by atoms with E-state index in [0.717, 1.165) is 17.6 Å². The van der Waals surface area contributed by atoms with Gasteiger partial charge in [-0.1, -0.05) is 50.2 Å². The molecule has 0 atom stereocenters. The first-order valence-corrected chi connectivity index (χ1v) is 7.49. The lowest BCUT2D eigenvalue weighted by Gasteiger charge is -2.08. The lowest BCUT2D eigenvalue weighted by Crippen LogP contribution is -2.08. The first-order chi connectivity index (χ1) is 9.54. The van der Waals surface area contributed by atoms with Crippen molar-refractivity contribution in [1.29, 1.82) is 0 Å². The smallest absolute Gasteiger partial charge is 0.334 e. The van der Waals surface area contributed by atoms with E-state index >= 15 is 0 Å². The van der Waals surface area contributed by atoms with E-state index in [9.17, 15) is 4.79 Å². The van der Waals surface area contributed by atoms with Gasteiger partial charge < -0.3 is 4.74 Å². The Labute approximate surface area is 124 Å². The molecule has 0 radical (unpaired) electrons. The lowest BCUT2D eigenvalue weighted by molar-refractivity contribution is -0.137. The molecule has 0 unspecified atom stereocenters. The maximum Gasteiger partial charge on any atom is 0.334 e. The highest BCUT2D eigenvalue weighted by Gasteiger charge is 2.09. The van der Waals surface area contributed by atoms with Crippen LogP contribution >= 0.6 is 0 Å². The van der Waals surface area contributed by atoms with Gasteiger partial charge in [0.2, 0.25) is 0 Å². The standard InChI is InChI=1S/C18H28O2/c1-6-8-9-10-11-12-13-15(3)16(4)17(5)18(19)20-14-7-2/h2,13H,6,8-12,14H2,1,3-5H3. The van der Waals surface area contributed by atoms with Crippen molar-refractivity contribution in [3.63, 3.8) is 0 Å². The molecule has 0 saturated carbocycles. The molecule has 0 heterocycles. The summed E-state index contributed by atoms with van der Waals surface area (Å²) >= 11 is 0. The summed E-state index contributed by atoms with van der Waals surface area (Å²) < 4.78 is 4.93. The molecular formula is C18H28O2. The minimum absolute atomic E-state index is 0.0314. The average molecular weight is 276 g/mol. The van der Waals surface area contributed by atoms with Crippen LogP contribution in [0, 0.1) is 12.3 Å². The topological polar surface area (TPSA) is 26.3 Å². The Hall–Kier alpha value is -1.49. The van der Waals surface area contributed by atoms with Gasteiger partial charge in [-0.25, -0.2) is 4.79 Å². The van der Waals surface area contributed by atoms with Crippen LogP contribution in [0.1, 0.15) is 66.2 Å². The summed E-state index contributed by atoms with van der Waals surface area (Å²) in [5.74, 6) is 1.98. The van der Waals surface area contributed by atoms with Crippen molar-refractivity contribution >= 4 is 5.97 Å². The summed E-state index contributed by atoms with van der Waals surface area (Å²) in [6.07, 6.45) is 14.8. The van der Waals surface area contributed by atoms with Crippen LogP contribution in [0.4, 0.5) is 0 Å². The number of hydrogen-bond donors (Lipinski definition) is 0. The van der Waals surface area contributed by atoms with E-state index in [4.69, 9.17) is 11.2 Å². The van der Waals surface area contributed by atoms with Gasteiger partial charge in [-0.15, -0.1) is 6.42 Å². The summed E-state index contributed by atoms with van der Waals surface area (Å²) in [5, 5.41) is 0. The van der Waals surface area contributed by atoms with Gasteiger partial charge in [-0.05, 0) is 39.2 Å². The van der Waals surface area contributed by atoms with Gasteiger partial charge in [0.1, 0.15) is 0 Å². The highest BCUT2D eigenvalue weighted by Crippen LogP contribution is 2.17. The Kier molecular flexibility index (Phi) is 10.5. The zero-order valence-corrected chi connectivity index (χ0v) is 13.4. The lowest BCUT2D eigenvalue weighted by atomic mass is 10.0. The maximum atomic E-state index is 11.7. The molecule has 0 aliphatic heterocycles. The Morgan fingerprint density at radius 2 is 1.75 bits per heavy atom. The van der Waals surface area contributed by atoms with E-state index in [1.165, 1.54) is 32.1 Å².